The Labute approximate surface area is 199 Å². The molecule has 1 atom stereocenters. The monoisotopic (exact) mass is 478 g/mol. The lowest BCUT2D eigenvalue weighted by Gasteiger charge is -2.21. The third kappa shape index (κ3) is 4.13. The first kappa shape index (κ1) is 23.4. The number of hydrogen-bond donors (Lipinski definition) is 2. The van der Waals surface area contributed by atoms with Crippen LogP contribution in [-0.2, 0) is 18.1 Å². The van der Waals surface area contributed by atoms with Gasteiger partial charge in [-0.25, -0.2) is 18.7 Å². The highest BCUT2D eigenvalue weighted by molar-refractivity contribution is 7.87. The van der Waals surface area contributed by atoms with Crippen LogP contribution in [0.3, 0.4) is 0 Å². The van der Waals surface area contributed by atoms with Gasteiger partial charge >= 0.3 is 0 Å². The third-order valence-electron chi connectivity index (χ3n) is 5.80. The molecule has 0 aliphatic rings. The average molecular weight is 479 g/mol. The molecule has 0 amide bonds. The number of imidazole rings is 1. The second-order valence-electron chi connectivity index (χ2n) is 7.90. The van der Waals surface area contributed by atoms with E-state index in [-0.39, 0.29) is 5.69 Å². The molecule has 0 spiro atoms. The number of fused-ring (bicyclic) bond motifs is 1. The minimum atomic E-state index is -2.22. The summed E-state index contributed by atoms with van der Waals surface area (Å²) in [5, 5.41) is 19.2. The van der Waals surface area contributed by atoms with Gasteiger partial charge in [0.2, 0.25) is 0 Å². The number of anilines is 1. The molecule has 11 heteroatoms. The number of aryl methyl sites for hydroxylation is 3. The van der Waals surface area contributed by atoms with Gasteiger partial charge in [0, 0.05) is 31.5 Å². The molecule has 0 aliphatic heterocycles. The number of aromatic nitrogens is 5. The summed E-state index contributed by atoms with van der Waals surface area (Å²) >= 11 is -2.22. The van der Waals surface area contributed by atoms with Gasteiger partial charge in [-0.05, 0) is 57.5 Å². The minimum Gasteiger partial charge on any atom is -0.372 e. The summed E-state index contributed by atoms with van der Waals surface area (Å²) in [5.41, 5.74) is 5.26. The number of aromatic amines is 1. The van der Waals surface area contributed by atoms with Crippen molar-refractivity contribution >= 4 is 33.5 Å². The van der Waals surface area contributed by atoms with Crippen LogP contribution in [0.15, 0.2) is 29.3 Å². The summed E-state index contributed by atoms with van der Waals surface area (Å²) < 4.78 is 24.5. The van der Waals surface area contributed by atoms with E-state index in [1.807, 2.05) is 39.1 Å². The van der Waals surface area contributed by atoms with Gasteiger partial charge in [0.25, 0.3) is 0 Å². The van der Waals surface area contributed by atoms with E-state index in [2.05, 4.69) is 46.1 Å². The number of nitriles is 1. The summed E-state index contributed by atoms with van der Waals surface area (Å²) in [6, 6.07) is 9.97. The quantitative estimate of drug-likeness (QED) is 0.409. The van der Waals surface area contributed by atoms with Crippen molar-refractivity contribution in [3.63, 3.8) is 0 Å². The molecule has 0 radical (unpaired) electrons. The molecule has 0 saturated carbocycles. The normalized spacial score (nSPS) is 13.6. The Balaban J connectivity index is 2.00. The van der Waals surface area contributed by atoms with Crippen LogP contribution in [0.25, 0.3) is 22.4 Å². The lowest BCUT2D eigenvalue weighted by atomic mass is 10.1. The van der Waals surface area contributed by atoms with Crippen LogP contribution < -0.4 is 15.6 Å². The Hall–Kier alpha value is -3.75. The fourth-order valence-corrected chi connectivity index (χ4v) is 4.30. The van der Waals surface area contributed by atoms with E-state index in [0.717, 1.165) is 35.4 Å². The van der Waals surface area contributed by atoms with Crippen molar-refractivity contribution in [3.8, 4) is 17.5 Å². The zero-order chi connectivity index (χ0) is 24.6. The molecule has 0 saturated heterocycles. The van der Waals surface area contributed by atoms with Crippen molar-refractivity contribution < 1.29 is 8.76 Å². The van der Waals surface area contributed by atoms with Crippen molar-refractivity contribution in [2.45, 2.75) is 27.7 Å². The smallest absolute Gasteiger partial charge is 0.181 e. The van der Waals surface area contributed by atoms with Crippen LogP contribution in [0, 0.1) is 25.2 Å². The zero-order valence-electron chi connectivity index (χ0n) is 19.7. The number of H-pyrrole nitrogens is 1. The molecule has 10 nitrogen and oxygen atoms in total. The largest absolute Gasteiger partial charge is 0.372 e. The van der Waals surface area contributed by atoms with Crippen LogP contribution in [0.1, 0.15) is 30.8 Å². The highest BCUT2D eigenvalue weighted by atomic mass is 32.2. The van der Waals surface area contributed by atoms with Crippen LogP contribution in [0.5, 0.6) is 0 Å². The second kappa shape index (κ2) is 9.24. The maximum Gasteiger partial charge on any atom is 0.181 e. The Morgan fingerprint density at radius 1 is 1.29 bits per heavy atom. The first-order chi connectivity index (χ1) is 16.3. The van der Waals surface area contributed by atoms with Crippen molar-refractivity contribution in [2.75, 3.05) is 18.0 Å². The maximum absolute atomic E-state index is 11.6. The van der Waals surface area contributed by atoms with Gasteiger partial charge in [0.15, 0.2) is 22.4 Å². The fraction of sp³-hybridized carbons (Fsp3) is 0.304. The molecule has 4 aromatic rings. The Bertz CT molecular complexity index is 1550. The second-order valence-corrected chi connectivity index (χ2v) is 8.69. The highest BCUT2D eigenvalue weighted by Crippen LogP contribution is 2.25. The predicted octanol–water partition coefficient (Wildman–Crippen LogP) is 2.31. The van der Waals surface area contributed by atoms with Crippen LogP contribution >= 0.6 is 0 Å². The molecule has 3 aromatic heterocycles. The molecular formula is C23H26N8O2S. The van der Waals surface area contributed by atoms with Gasteiger partial charge in [0.05, 0.1) is 16.4 Å². The summed E-state index contributed by atoms with van der Waals surface area (Å²) in [5.74, 6) is 0. The van der Waals surface area contributed by atoms with Gasteiger partial charge in [0.1, 0.15) is 22.8 Å². The van der Waals surface area contributed by atoms with Gasteiger partial charge < -0.3 is 9.45 Å². The Morgan fingerprint density at radius 3 is 2.59 bits per heavy atom. The van der Waals surface area contributed by atoms with E-state index < -0.39 is 11.1 Å². The number of rotatable bonds is 6. The SMILES string of the molecule is CCN(CC)c1ccc(N=c2/c(=C/S(=O)O)[nH]n3c(-c4cc(C)n(C)n4)c(C#N)nc23)c(C)c1. The van der Waals surface area contributed by atoms with Crippen molar-refractivity contribution in [1.82, 2.24) is 24.4 Å². The molecule has 0 bridgehead atoms. The van der Waals surface area contributed by atoms with E-state index in [1.54, 1.807) is 9.20 Å². The van der Waals surface area contributed by atoms with E-state index in [9.17, 15) is 14.0 Å². The minimum absolute atomic E-state index is 0.186. The van der Waals surface area contributed by atoms with Gasteiger partial charge in [-0.2, -0.15) is 10.4 Å². The molecule has 2 N–H and O–H groups in total. The standard InChI is InChI=1S/C23H26N8O2S/c1-6-30(7-2)16-8-9-17(14(3)10-16)25-21-20(13-34(32)33)28-31-22(19(12-24)26-23(21)31)18-11-15(4)29(5)27-18/h8-11,13,28H,6-7H2,1-5H3,(H,32,33)/b20-13-,25-21?. The van der Waals surface area contributed by atoms with Crippen LogP contribution in [-0.4, -0.2) is 46.2 Å². The lowest BCUT2D eigenvalue weighted by Crippen LogP contribution is -2.24. The number of benzene rings is 1. The molecule has 4 rings (SSSR count). The summed E-state index contributed by atoms with van der Waals surface area (Å²) in [6.07, 6.45) is 0. The molecular weight excluding hydrogens is 452 g/mol. The Kier molecular flexibility index (Phi) is 6.37. The first-order valence-corrected chi connectivity index (χ1v) is 12.0. The molecule has 34 heavy (non-hydrogen) atoms. The maximum atomic E-state index is 11.6. The third-order valence-corrected chi connectivity index (χ3v) is 6.24. The lowest BCUT2D eigenvalue weighted by molar-refractivity contribution is 0.576. The highest BCUT2D eigenvalue weighted by Gasteiger charge is 2.20. The summed E-state index contributed by atoms with van der Waals surface area (Å²) in [6.45, 7) is 9.89. The van der Waals surface area contributed by atoms with Crippen molar-refractivity contribution in [1.29, 1.82) is 5.26 Å². The number of nitrogens with one attached hydrogen (secondary N) is 1. The van der Waals surface area contributed by atoms with Crippen LogP contribution in [0.2, 0.25) is 0 Å². The van der Waals surface area contributed by atoms with Gasteiger partial charge in [-0.1, -0.05) is 0 Å². The van der Waals surface area contributed by atoms with E-state index in [4.69, 9.17) is 4.99 Å². The van der Waals surface area contributed by atoms with E-state index >= 15 is 0 Å². The molecule has 0 aliphatic carbocycles. The summed E-state index contributed by atoms with van der Waals surface area (Å²) in [4.78, 5) is 11.5. The van der Waals surface area contributed by atoms with E-state index in [0.29, 0.717) is 33.4 Å². The number of nitrogens with zero attached hydrogens (tertiary/aromatic N) is 7. The Morgan fingerprint density at radius 2 is 2.03 bits per heavy atom. The molecule has 0 fully saturated rings. The first-order valence-electron chi connectivity index (χ1n) is 10.8. The number of hydrogen-bond acceptors (Lipinski definition) is 6. The van der Waals surface area contributed by atoms with Crippen LogP contribution in [0.4, 0.5) is 11.4 Å². The van der Waals surface area contributed by atoms with E-state index in [1.165, 1.54) is 0 Å². The topological polar surface area (TPSA) is 128 Å². The summed E-state index contributed by atoms with van der Waals surface area (Å²) in [7, 11) is 1.82. The fourth-order valence-electron chi connectivity index (χ4n) is 3.94. The average Bonchev–Trinajstić information content (AvgIpc) is 3.42. The zero-order valence-corrected chi connectivity index (χ0v) is 20.5. The van der Waals surface area contributed by atoms with Gasteiger partial charge in [-0.15, -0.1) is 0 Å². The molecule has 3 heterocycles. The van der Waals surface area contributed by atoms with Crippen molar-refractivity contribution in [3.05, 3.63) is 51.9 Å². The predicted molar refractivity (Wildman–Crippen MR) is 132 cm³/mol. The van der Waals surface area contributed by atoms with Crippen molar-refractivity contribution in [2.24, 2.45) is 12.0 Å². The molecule has 1 aromatic carbocycles. The molecule has 1 unspecified atom stereocenters. The van der Waals surface area contributed by atoms with Gasteiger partial charge in [-0.3, -0.25) is 9.78 Å². The molecule has 176 valence electrons.